The van der Waals surface area contributed by atoms with E-state index in [0.717, 1.165) is 29.4 Å². The lowest BCUT2D eigenvalue weighted by Crippen LogP contribution is -2.34. The van der Waals surface area contributed by atoms with Gasteiger partial charge in [-0.15, -0.1) is 0 Å². The van der Waals surface area contributed by atoms with Gasteiger partial charge in [0.05, 0.1) is 12.5 Å². The Hall–Kier alpha value is -2.37. The minimum Gasteiger partial charge on any atom is -0.357 e. The van der Waals surface area contributed by atoms with E-state index < -0.39 is 0 Å². The van der Waals surface area contributed by atoms with Gasteiger partial charge < -0.3 is 14.8 Å². The molecule has 2 amide bonds. The van der Waals surface area contributed by atoms with Crippen LogP contribution in [0.2, 0.25) is 0 Å². The topological polar surface area (TPSA) is 56.4 Å². The van der Waals surface area contributed by atoms with Gasteiger partial charge in [-0.1, -0.05) is 0 Å². The largest absolute Gasteiger partial charge is 0.357 e. The summed E-state index contributed by atoms with van der Waals surface area (Å²) in [6.07, 6.45) is 2.44. The van der Waals surface area contributed by atoms with Crippen LogP contribution in [-0.2, 0) is 16.1 Å². The molecule has 1 aromatic carbocycles. The van der Waals surface area contributed by atoms with Crippen molar-refractivity contribution in [1.82, 2.24) is 14.8 Å². The lowest BCUT2D eigenvalue weighted by atomic mass is 10.1. The van der Waals surface area contributed by atoms with Crippen LogP contribution < -0.4 is 0 Å². The number of aromatic amines is 1. The summed E-state index contributed by atoms with van der Waals surface area (Å²) in [5, 5.41) is 0.793. The molecular weight excluding hydrogens is 309 g/mol. The van der Waals surface area contributed by atoms with Crippen molar-refractivity contribution in [2.45, 2.75) is 31.8 Å². The maximum Gasteiger partial charge on any atom is 0.228 e. The number of carbonyl (C=O) groups is 2. The summed E-state index contributed by atoms with van der Waals surface area (Å²) in [6.45, 7) is 0.966. The van der Waals surface area contributed by atoms with E-state index in [1.165, 1.54) is 12.1 Å². The molecule has 1 N–H and O–H groups in total. The molecule has 6 heteroatoms. The Balaban J connectivity index is 1.43. The molecule has 1 atom stereocenters. The van der Waals surface area contributed by atoms with Crippen molar-refractivity contribution in [2.24, 2.45) is 5.92 Å². The van der Waals surface area contributed by atoms with Gasteiger partial charge in [-0.05, 0) is 37.1 Å². The first kappa shape index (κ1) is 15.2. The molecule has 1 aromatic heterocycles. The molecule has 126 valence electrons. The average molecular weight is 329 g/mol. The van der Waals surface area contributed by atoms with Gasteiger partial charge in [0.15, 0.2) is 0 Å². The van der Waals surface area contributed by atoms with Crippen LogP contribution >= 0.6 is 0 Å². The SMILES string of the molecule is CN(Cc1cc2cc(F)ccc2[nH]1)C(=O)[C@H]1CC(=O)N(C2CC2)C1. The van der Waals surface area contributed by atoms with Crippen LogP contribution in [0.25, 0.3) is 10.9 Å². The number of amides is 2. The first-order valence-electron chi connectivity index (χ1n) is 8.33. The van der Waals surface area contributed by atoms with Crippen LogP contribution in [0.4, 0.5) is 4.39 Å². The standard InChI is InChI=1S/C18H20FN3O2/c1-21(10-14-7-11-6-13(19)2-5-16(11)20-14)18(24)12-8-17(23)22(9-12)15-3-4-15/h2,5-7,12,15,20H,3-4,8-10H2,1H3/t12-/m0/s1. The third kappa shape index (κ3) is 2.77. The lowest BCUT2D eigenvalue weighted by molar-refractivity contribution is -0.135. The summed E-state index contributed by atoms with van der Waals surface area (Å²) in [5.41, 5.74) is 1.71. The molecule has 1 saturated carbocycles. The third-order valence-corrected chi connectivity index (χ3v) is 4.92. The van der Waals surface area contributed by atoms with Crippen molar-refractivity contribution >= 4 is 22.7 Å². The zero-order valence-corrected chi connectivity index (χ0v) is 13.6. The number of fused-ring (bicyclic) bond motifs is 1. The molecule has 0 bridgehead atoms. The molecule has 4 rings (SSSR count). The van der Waals surface area contributed by atoms with E-state index in [-0.39, 0.29) is 23.5 Å². The fourth-order valence-electron chi connectivity index (χ4n) is 3.53. The van der Waals surface area contributed by atoms with Crippen molar-refractivity contribution in [2.75, 3.05) is 13.6 Å². The molecule has 2 heterocycles. The number of likely N-dealkylation sites (tertiary alicyclic amines) is 1. The fourth-order valence-corrected chi connectivity index (χ4v) is 3.53. The van der Waals surface area contributed by atoms with E-state index in [4.69, 9.17) is 0 Å². The first-order valence-corrected chi connectivity index (χ1v) is 8.33. The van der Waals surface area contributed by atoms with E-state index in [1.54, 1.807) is 18.0 Å². The first-order chi connectivity index (χ1) is 11.5. The van der Waals surface area contributed by atoms with Crippen LogP contribution in [0, 0.1) is 11.7 Å². The number of benzene rings is 1. The quantitative estimate of drug-likeness (QED) is 0.935. The minimum atomic E-state index is -0.276. The Kier molecular flexibility index (Phi) is 3.55. The zero-order chi connectivity index (χ0) is 16.8. The van der Waals surface area contributed by atoms with Crippen molar-refractivity contribution in [3.8, 4) is 0 Å². The van der Waals surface area contributed by atoms with Crippen LogP contribution in [0.3, 0.4) is 0 Å². The number of carbonyl (C=O) groups excluding carboxylic acids is 2. The van der Waals surface area contributed by atoms with Crippen molar-refractivity contribution in [3.05, 3.63) is 35.8 Å². The normalized spacial score (nSPS) is 20.8. The molecule has 0 spiro atoms. The number of H-pyrrole nitrogens is 1. The van der Waals surface area contributed by atoms with Gasteiger partial charge in [-0.3, -0.25) is 9.59 Å². The van der Waals surface area contributed by atoms with Gasteiger partial charge in [-0.2, -0.15) is 0 Å². The monoisotopic (exact) mass is 329 g/mol. The highest BCUT2D eigenvalue weighted by Gasteiger charge is 2.42. The summed E-state index contributed by atoms with van der Waals surface area (Å²) in [4.78, 5) is 31.4. The Morgan fingerprint density at radius 3 is 2.92 bits per heavy atom. The molecular formula is C18H20FN3O2. The lowest BCUT2D eigenvalue weighted by Gasteiger charge is -2.21. The fraction of sp³-hybridized carbons (Fsp3) is 0.444. The molecule has 24 heavy (non-hydrogen) atoms. The predicted octanol–water partition coefficient (Wildman–Crippen LogP) is 2.28. The number of hydrogen-bond acceptors (Lipinski definition) is 2. The minimum absolute atomic E-state index is 0.00339. The number of aromatic nitrogens is 1. The van der Waals surface area contributed by atoms with E-state index >= 15 is 0 Å². The second-order valence-corrected chi connectivity index (χ2v) is 6.90. The van der Waals surface area contributed by atoms with E-state index in [9.17, 15) is 14.0 Å². The Bertz CT molecular complexity index is 812. The Morgan fingerprint density at radius 1 is 1.38 bits per heavy atom. The zero-order valence-electron chi connectivity index (χ0n) is 13.6. The number of nitrogens with zero attached hydrogens (tertiary/aromatic N) is 2. The summed E-state index contributed by atoms with van der Waals surface area (Å²) >= 11 is 0. The Morgan fingerprint density at radius 2 is 2.17 bits per heavy atom. The van der Waals surface area contributed by atoms with Gasteiger partial charge in [0.2, 0.25) is 11.8 Å². The highest BCUT2D eigenvalue weighted by atomic mass is 19.1. The molecule has 1 aliphatic heterocycles. The maximum absolute atomic E-state index is 13.3. The van der Waals surface area contributed by atoms with Crippen molar-refractivity contribution in [3.63, 3.8) is 0 Å². The van der Waals surface area contributed by atoms with Crippen molar-refractivity contribution < 1.29 is 14.0 Å². The van der Waals surface area contributed by atoms with Crippen LogP contribution in [0.1, 0.15) is 25.0 Å². The van der Waals surface area contributed by atoms with E-state index in [1.807, 2.05) is 11.0 Å². The van der Waals surface area contributed by atoms with Gasteiger partial charge in [-0.25, -0.2) is 4.39 Å². The number of hydrogen-bond donors (Lipinski definition) is 1. The van der Waals surface area contributed by atoms with Crippen LogP contribution in [0.15, 0.2) is 24.3 Å². The van der Waals surface area contributed by atoms with E-state index in [2.05, 4.69) is 4.98 Å². The molecule has 5 nitrogen and oxygen atoms in total. The Labute approximate surface area is 139 Å². The van der Waals surface area contributed by atoms with Crippen LogP contribution in [0.5, 0.6) is 0 Å². The van der Waals surface area contributed by atoms with Gasteiger partial charge in [0.25, 0.3) is 0 Å². The van der Waals surface area contributed by atoms with Gasteiger partial charge >= 0.3 is 0 Å². The summed E-state index contributed by atoms with van der Waals surface area (Å²) in [7, 11) is 1.75. The number of nitrogens with one attached hydrogen (secondary N) is 1. The smallest absolute Gasteiger partial charge is 0.228 e. The van der Waals surface area contributed by atoms with E-state index in [0.29, 0.717) is 25.6 Å². The molecule has 1 saturated heterocycles. The van der Waals surface area contributed by atoms with Crippen LogP contribution in [-0.4, -0.2) is 46.2 Å². The highest BCUT2D eigenvalue weighted by Crippen LogP contribution is 2.33. The predicted molar refractivity (Wildman–Crippen MR) is 87.6 cm³/mol. The second-order valence-electron chi connectivity index (χ2n) is 6.90. The van der Waals surface area contributed by atoms with Crippen molar-refractivity contribution in [1.29, 1.82) is 0 Å². The summed E-state index contributed by atoms with van der Waals surface area (Å²) in [5.74, 6) is -0.422. The average Bonchev–Trinajstić information content (AvgIpc) is 3.20. The van der Waals surface area contributed by atoms with Gasteiger partial charge in [0, 0.05) is 42.7 Å². The highest BCUT2D eigenvalue weighted by molar-refractivity contribution is 5.89. The molecule has 0 radical (unpaired) electrons. The summed E-state index contributed by atoms with van der Waals surface area (Å²) < 4.78 is 13.3. The van der Waals surface area contributed by atoms with Gasteiger partial charge in [0.1, 0.15) is 5.82 Å². The third-order valence-electron chi connectivity index (χ3n) is 4.92. The molecule has 1 aliphatic carbocycles. The molecule has 0 unspecified atom stereocenters. The maximum atomic E-state index is 13.3. The molecule has 2 aliphatic rings. The number of rotatable bonds is 4. The molecule has 2 fully saturated rings. The molecule has 2 aromatic rings. The number of halogens is 1. The second kappa shape index (κ2) is 5.61. The summed E-state index contributed by atoms with van der Waals surface area (Å²) in [6, 6.07) is 6.80.